The summed E-state index contributed by atoms with van der Waals surface area (Å²) < 4.78 is 54.2. The highest BCUT2D eigenvalue weighted by molar-refractivity contribution is 7.89. The molecule has 2 heterocycles. The Bertz CT molecular complexity index is 790. The van der Waals surface area contributed by atoms with Crippen LogP contribution < -0.4 is 0 Å². The van der Waals surface area contributed by atoms with Crippen molar-refractivity contribution in [3.63, 3.8) is 0 Å². The third-order valence-corrected chi connectivity index (χ3v) is 7.58. The van der Waals surface area contributed by atoms with Gasteiger partial charge in [-0.3, -0.25) is 9.69 Å². The zero-order chi connectivity index (χ0) is 20.3. The van der Waals surface area contributed by atoms with E-state index in [1.807, 2.05) is 9.80 Å². The van der Waals surface area contributed by atoms with Crippen LogP contribution >= 0.6 is 0 Å². The van der Waals surface area contributed by atoms with Crippen LogP contribution in [0.5, 0.6) is 0 Å². The maximum absolute atomic E-state index is 13.9. The van der Waals surface area contributed by atoms with Crippen LogP contribution in [0.2, 0.25) is 0 Å². The topological polar surface area (TPSA) is 60.9 Å². The average molecular weight is 416 g/mol. The predicted octanol–water partition coefficient (Wildman–Crippen LogP) is 2.06. The smallest absolute Gasteiger partial charge is 0.249 e. The molecule has 2 aliphatic heterocycles. The zero-order valence-corrected chi connectivity index (χ0v) is 16.9. The first kappa shape index (κ1) is 21.1. The third kappa shape index (κ3) is 4.36. The molecule has 9 heteroatoms. The molecular weight excluding hydrogens is 388 g/mol. The molecule has 3 rings (SSSR count). The minimum absolute atomic E-state index is 0.0722. The molecule has 1 amide bonds. The molecule has 0 N–H and O–H groups in total. The molecule has 0 aromatic heterocycles. The summed E-state index contributed by atoms with van der Waals surface area (Å²) in [6, 6.07) is 3.30. The van der Waals surface area contributed by atoms with Crippen molar-refractivity contribution in [3.05, 3.63) is 29.8 Å². The highest BCUT2D eigenvalue weighted by atomic mass is 32.2. The first-order chi connectivity index (χ1) is 13.3. The van der Waals surface area contributed by atoms with Gasteiger partial charge in [0.1, 0.15) is 11.6 Å². The van der Waals surface area contributed by atoms with Crippen molar-refractivity contribution in [2.75, 3.05) is 39.3 Å². The SMILES string of the molecule is CCC1CCCCN1C(=O)CN1CCN(S(=O)(=O)c2c(F)cccc2F)CC1. The molecule has 6 nitrogen and oxygen atoms in total. The monoisotopic (exact) mass is 415 g/mol. The van der Waals surface area contributed by atoms with Gasteiger partial charge in [0.2, 0.25) is 15.9 Å². The summed E-state index contributed by atoms with van der Waals surface area (Å²) in [4.78, 5) is 15.6. The second kappa shape index (κ2) is 8.84. The molecule has 156 valence electrons. The fourth-order valence-corrected chi connectivity index (χ4v) is 5.55. The van der Waals surface area contributed by atoms with Crippen molar-refractivity contribution in [1.29, 1.82) is 0 Å². The fraction of sp³-hybridized carbons (Fsp3) is 0.632. The summed E-state index contributed by atoms with van der Waals surface area (Å²) in [6.45, 7) is 4.01. The number of sulfonamides is 1. The first-order valence-electron chi connectivity index (χ1n) is 9.80. The Labute approximate surface area is 165 Å². The van der Waals surface area contributed by atoms with Gasteiger partial charge in [-0.05, 0) is 37.8 Å². The van der Waals surface area contributed by atoms with E-state index in [-0.39, 0.29) is 31.6 Å². The number of halogens is 2. The van der Waals surface area contributed by atoms with Crippen LogP contribution in [0.25, 0.3) is 0 Å². The lowest BCUT2D eigenvalue weighted by Crippen LogP contribution is -2.53. The van der Waals surface area contributed by atoms with Gasteiger partial charge in [-0.25, -0.2) is 17.2 Å². The van der Waals surface area contributed by atoms with Crippen molar-refractivity contribution >= 4 is 15.9 Å². The Morgan fingerprint density at radius 2 is 1.71 bits per heavy atom. The second-order valence-corrected chi connectivity index (χ2v) is 9.25. The largest absolute Gasteiger partial charge is 0.339 e. The lowest BCUT2D eigenvalue weighted by molar-refractivity contribution is -0.136. The van der Waals surface area contributed by atoms with E-state index in [1.54, 1.807) is 0 Å². The normalized spacial score (nSPS) is 22.4. The Hall–Kier alpha value is -1.58. The lowest BCUT2D eigenvalue weighted by atomic mass is 10.00. The van der Waals surface area contributed by atoms with Gasteiger partial charge in [0.15, 0.2) is 4.90 Å². The van der Waals surface area contributed by atoms with Gasteiger partial charge < -0.3 is 4.90 Å². The van der Waals surface area contributed by atoms with Crippen LogP contribution in [-0.2, 0) is 14.8 Å². The van der Waals surface area contributed by atoms with Crippen molar-refractivity contribution < 1.29 is 22.0 Å². The molecular formula is C19H27F2N3O3S. The number of amides is 1. The number of piperidine rings is 1. The van der Waals surface area contributed by atoms with Gasteiger partial charge in [0.25, 0.3) is 0 Å². The number of benzene rings is 1. The average Bonchev–Trinajstić information content (AvgIpc) is 2.68. The van der Waals surface area contributed by atoms with E-state index in [0.29, 0.717) is 13.1 Å². The molecule has 0 aliphatic carbocycles. The molecule has 1 unspecified atom stereocenters. The standard InChI is InChI=1S/C19H27F2N3O3S/c1-2-15-6-3-4-9-24(15)18(25)14-22-10-12-23(13-11-22)28(26,27)19-16(20)7-5-8-17(19)21/h5,7-8,15H,2-4,6,9-14H2,1H3. The van der Waals surface area contributed by atoms with E-state index >= 15 is 0 Å². The highest BCUT2D eigenvalue weighted by Crippen LogP contribution is 2.24. The molecule has 2 fully saturated rings. The number of hydrogen-bond acceptors (Lipinski definition) is 4. The maximum Gasteiger partial charge on any atom is 0.249 e. The summed E-state index contributed by atoms with van der Waals surface area (Å²) in [5, 5.41) is 0. The van der Waals surface area contributed by atoms with Crippen molar-refractivity contribution in [2.45, 2.75) is 43.5 Å². The molecule has 1 atom stereocenters. The van der Waals surface area contributed by atoms with Crippen LogP contribution in [0.4, 0.5) is 8.78 Å². The lowest BCUT2D eigenvalue weighted by Gasteiger charge is -2.38. The van der Waals surface area contributed by atoms with Gasteiger partial charge in [-0.1, -0.05) is 13.0 Å². The number of likely N-dealkylation sites (tertiary alicyclic amines) is 1. The van der Waals surface area contributed by atoms with Crippen LogP contribution in [0.3, 0.4) is 0 Å². The van der Waals surface area contributed by atoms with E-state index in [0.717, 1.165) is 54.7 Å². The number of carbonyl (C=O) groups is 1. The minimum atomic E-state index is -4.25. The van der Waals surface area contributed by atoms with Crippen molar-refractivity contribution in [3.8, 4) is 0 Å². The number of carbonyl (C=O) groups excluding carboxylic acids is 1. The van der Waals surface area contributed by atoms with Gasteiger partial charge in [0.05, 0.1) is 6.54 Å². The Morgan fingerprint density at radius 3 is 2.32 bits per heavy atom. The molecule has 2 aliphatic rings. The maximum atomic E-state index is 13.9. The number of rotatable bonds is 5. The zero-order valence-electron chi connectivity index (χ0n) is 16.1. The van der Waals surface area contributed by atoms with Gasteiger partial charge >= 0.3 is 0 Å². The fourth-order valence-electron chi connectivity index (χ4n) is 4.02. The van der Waals surface area contributed by atoms with Crippen LogP contribution in [0.15, 0.2) is 23.1 Å². The number of piperazine rings is 1. The Balaban J connectivity index is 1.60. The van der Waals surface area contributed by atoms with Crippen LogP contribution in [0, 0.1) is 11.6 Å². The predicted molar refractivity (Wildman–Crippen MR) is 101 cm³/mol. The molecule has 0 spiro atoms. The number of hydrogen-bond donors (Lipinski definition) is 0. The first-order valence-corrected chi connectivity index (χ1v) is 11.2. The molecule has 0 radical (unpaired) electrons. The number of nitrogens with zero attached hydrogens (tertiary/aromatic N) is 3. The van der Waals surface area contributed by atoms with E-state index < -0.39 is 26.6 Å². The minimum Gasteiger partial charge on any atom is -0.339 e. The molecule has 0 saturated carbocycles. The van der Waals surface area contributed by atoms with Gasteiger partial charge in [0, 0.05) is 38.8 Å². The summed E-state index contributed by atoms with van der Waals surface area (Å²) in [5.74, 6) is -2.11. The second-order valence-electron chi connectivity index (χ2n) is 7.38. The van der Waals surface area contributed by atoms with Crippen molar-refractivity contribution in [2.24, 2.45) is 0 Å². The van der Waals surface area contributed by atoms with Gasteiger partial charge in [-0.2, -0.15) is 4.31 Å². The molecule has 0 bridgehead atoms. The molecule has 2 saturated heterocycles. The van der Waals surface area contributed by atoms with Gasteiger partial charge in [-0.15, -0.1) is 0 Å². The van der Waals surface area contributed by atoms with E-state index in [4.69, 9.17) is 0 Å². The van der Waals surface area contributed by atoms with E-state index in [2.05, 4.69) is 6.92 Å². The Morgan fingerprint density at radius 1 is 1.07 bits per heavy atom. The summed E-state index contributed by atoms with van der Waals surface area (Å²) in [5.41, 5.74) is 0. The van der Waals surface area contributed by atoms with E-state index in [9.17, 15) is 22.0 Å². The Kier molecular flexibility index (Phi) is 6.67. The third-order valence-electron chi connectivity index (χ3n) is 5.63. The molecule has 1 aromatic rings. The van der Waals surface area contributed by atoms with Crippen LogP contribution in [0.1, 0.15) is 32.6 Å². The van der Waals surface area contributed by atoms with E-state index in [1.165, 1.54) is 0 Å². The summed E-state index contributed by atoms with van der Waals surface area (Å²) in [6.07, 6.45) is 4.13. The summed E-state index contributed by atoms with van der Waals surface area (Å²) in [7, 11) is -4.25. The summed E-state index contributed by atoms with van der Waals surface area (Å²) >= 11 is 0. The molecule has 28 heavy (non-hydrogen) atoms. The highest BCUT2D eigenvalue weighted by Gasteiger charge is 2.34. The molecule has 1 aromatic carbocycles. The van der Waals surface area contributed by atoms with Crippen LogP contribution in [-0.4, -0.2) is 73.7 Å². The van der Waals surface area contributed by atoms with Crippen molar-refractivity contribution in [1.82, 2.24) is 14.1 Å². The quantitative estimate of drug-likeness (QED) is 0.739.